The van der Waals surface area contributed by atoms with E-state index in [9.17, 15) is 4.79 Å². The van der Waals surface area contributed by atoms with Crippen LogP contribution in [-0.2, 0) is 5.54 Å². The van der Waals surface area contributed by atoms with Crippen molar-refractivity contribution in [1.29, 1.82) is 0 Å². The van der Waals surface area contributed by atoms with Gasteiger partial charge in [0.25, 0.3) is 5.56 Å². The summed E-state index contributed by atoms with van der Waals surface area (Å²) in [6.07, 6.45) is 3.69. The lowest BCUT2D eigenvalue weighted by Crippen LogP contribution is -2.32. The van der Waals surface area contributed by atoms with E-state index in [1.54, 1.807) is 4.57 Å². The fourth-order valence-corrected chi connectivity index (χ4v) is 1.70. The molecule has 0 saturated heterocycles. The first-order valence-electron chi connectivity index (χ1n) is 5.05. The van der Waals surface area contributed by atoms with Crippen LogP contribution >= 0.6 is 0 Å². The van der Waals surface area contributed by atoms with Crippen molar-refractivity contribution < 1.29 is 0 Å². The number of hydrogen-bond acceptors (Lipinski definition) is 2. The second-order valence-corrected chi connectivity index (χ2v) is 4.38. The van der Waals surface area contributed by atoms with Crippen LogP contribution in [0.1, 0.15) is 38.3 Å². The van der Waals surface area contributed by atoms with Crippen molar-refractivity contribution in [3.63, 3.8) is 0 Å². The zero-order valence-electron chi connectivity index (χ0n) is 8.66. The second-order valence-electron chi connectivity index (χ2n) is 4.38. The van der Waals surface area contributed by atoms with Crippen molar-refractivity contribution in [1.82, 2.24) is 4.57 Å². The van der Waals surface area contributed by atoms with Crippen LogP contribution in [0.4, 0.5) is 0 Å². The molecular weight excluding hydrogens is 176 g/mol. The number of aromatic nitrogens is 1. The van der Waals surface area contributed by atoms with Gasteiger partial charge in [0.05, 0.1) is 0 Å². The number of nitrogens with zero attached hydrogens (tertiary/aromatic N) is 1. The van der Waals surface area contributed by atoms with Crippen LogP contribution in [0.3, 0.4) is 0 Å². The Bertz CT molecular complexity index is 402. The van der Waals surface area contributed by atoms with Crippen molar-refractivity contribution in [2.24, 2.45) is 5.73 Å². The van der Waals surface area contributed by atoms with Gasteiger partial charge in [-0.1, -0.05) is 6.07 Å². The molecule has 1 aliphatic carbocycles. The van der Waals surface area contributed by atoms with Gasteiger partial charge in [0.1, 0.15) is 0 Å². The molecule has 0 atom stereocenters. The molecule has 1 aromatic rings. The van der Waals surface area contributed by atoms with E-state index in [1.807, 2.05) is 32.2 Å². The molecule has 0 aliphatic heterocycles. The molecule has 1 aromatic heterocycles. The van der Waals surface area contributed by atoms with Crippen molar-refractivity contribution in [2.45, 2.75) is 38.3 Å². The van der Waals surface area contributed by atoms with Crippen LogP contribution in [0, 0.1) is 0 Å². The summed E-state index contributed by atoms with van der Waals surface area (Å²) in [5, 5.41) is 0. The Kier molecular flexibility index (Phi) is 2.00. The molecule has 14 heavy (non-hydrogen) atoms. The Morgan fingerprint density at radius 2 is 2.14 bits per heavy atom. The zero-order valence-corrected chi connectivity index (χ0v) is 8.66. The molecule has 0 amide bonds. The summed E-state index contributed by atoms with van der Waals surface area (Å²) in [5.74, 6) is 0. The minimum Gasteiger partial charge on any atom is -0.321 e. The Hall–Kier alpha value is -1.09. The highest BCUT2D eigenvalue weighted by Gasteiger charge is 2.42. The van der Waals surface area contributed by atoms with Crippen LogP contribution in [0.5, 0.6) is 0 Å². The Balaban J connectivity index is 2.53. The third kappa shape index (κ3) is 1.38. The first kappa shape index (κ1) is 9.46. The predicted octanol–water partition coefficient (Wildman–Crippen LogP) is 1.38. The molecule has 0 aromatic carbocycles. The van der Waals surface area contributed by atoms with Crippen LogP contribution < -0.4 is 11.3 Å². The third-order valence-electron chi connectivity index (χ3n) is 2.86. The summed E-state index contributed by atoms with van der Waals surface area (Å²) in [6.45, 7) is 4.00. The molecule has 1 fully saturated rings. The normalized spacial score (nSPS) is 18.6. The van der Waals surface area contributed by atoms with Gasteiger partial charge in [-0.25, -0.2) is 0 Å². The predicted molar refractivity (Wildman–Crippen MR) is 56.2 cm³/mol. The summed E-state index contributed by atoms with van der Waals surface area (Å²) in [5.41, 5.74) is 6.54. The van der Waals surface area contributed by atoms with Gasteiger partial charge in [0.2, 0.25) is 0 Å². The molecule has 1 heterocycles. The van der Waals surface area contributed by atoms with E-state index in [2.05, 4.69) is 0 Å². The molecule has 2 rings (SSSR count). The van der Waals surface area contributed by atoms with E-state index in [0.717, 1.165) is 18.4 Å². The quantitative estimate of drug-likeness (QED) is 0.769. The average Bonchev–Trinajstić information content (AvgIpc) is 2.84. The van der Waals surface area contributed by atoms with Gasteiger partial charge < -0.3 is 10.3 Å². The summed E-state index contributed by atoms with van der Waals surface area (Å²) >= 11 is 0. The molecule has 0 bridgehead atoms. The molecule has 76 valence electrons. The van der Waals surface area contributed by atoms with E-state index >= 15 is 0 Å². The van der Waals surface area contributed by atoms with E-state index in [0.29, 0.717) is 0 Å². The third-order valence-corrected chi connectivity index (χ3v) is 2.86. The van der Waals surface area contributed by atoms with Crippen LogP contribution in [0.2, 0.25) is 0 Å². The summed E-state index contributed by atoms with van der Waals surface area (Å²) in [6, 6.07) is 3.96. The fourth-order valence-electron chi connectivity index (χ4n) is 1.70. The Labute approximate surface area is 83.5 Å². The lowest BCUT2D eigenvalue weighted by Gasteiger charge is -2.14. The maximum absolute atomic E-state index is 12.0. The first-order valence-corrected chi connectivity index (χ1v) is 5.05. The van der Waals surface area contributed by atoms with Crippen LogP contribution in [0.25, 0.3) is 0 Å². The van der Waals surface area contributed by atoms with Gasteiger partial charge in [-0.3, -0.25) is 4.79 Å². The highest BCUT2D eigenvalue weighted by Crippen LogP contribution is 2.40. The highest BCUT2D eigenvalue weighted by molar-refractivity contribution is 5.26. The van der Waals surface area contributed by atoms with Crippen molar-refractivity contribution in [2.75, 3.05) is 0 Å². The number of nitrogens with two attached hydrogens (primary N) is 1. The summed E-state index contributed by atoms with van der Waals surface area (Å²) in [4.78, 5) is 12.0. The van der Waals surface area contributed by atoms with E-state index < -0.39 is 0 Å². The van der Waals surface area contributed by atoms with Gasteiger partial charge in [-0.2, -0.15) is 0 Å². The van der Waals surface area contributed by atoms with Gasteiger partial charge in [0.15, 0.2) is 0 Å². The molecule has 0 unspecified atom stereocenters. The maximum atomic E-state index is 12.0. The molecule has 0 radical (unpaired) electrons. The standard InChI is InChI=1S/C11H16N2O/c1-8(2)13-7-3-4-9(10(13)14)11(12)5-6-11/h3-4,7-8H,5-6,12H2,1-2H3. The number of hydrogen-bond donors (Lipinski definition) is 1. The zero-order chi connectivity index (χ0) is 10.3. The molecular formula is C11H16N2O. The SMILES string of the molecule is CC(C)n1cccc(C2(N)CC2)c1=O. The van der Waals surface area contributed by atoms with Crippen molar-refractivity contribution in [3.05, 3.63) is 34.2 Å². The largest absolute Gasteiger partial charge is 0.321 e. The average molecular weight is 192 g/mol. The van der Waals surface area contributed by atoms with Crippen LogP contribution in [-0.4, -0.2) is 4.57 Å². The summed E-state index contributed by atoms with van der Waals surface area (Å²) in [7, 11) is 0. The van der Waals surface area contributed by atoms with E-state index in [1.165, 1.54) is 0 Å². The maximum Gasteiger partial charge on any atom is 0.255 e. The van der Waals surface area contributed by atoms with Crippen molar-refractivity contribution >= 4 is 0 Å². The topological polar surface area (TPSA) is 48.0 Å². The molecule has 1 aliphatic rings. The van der Waals surface area contributed by atoms with Gasteiger partial charge >= 0.3 is 0 Å². The molecule has 3 nitrogen and oxygen atoms in total. The summed E-state index contributed by atoms with van der Waals surface area (Å²) < 4.78 is 1.74. The highest BCUT2D eigenvalue weighted by atomic mass is 16.1. The smallest absolute Gasteiger partial charge is 0.255 e. The van der Waals surface area contributed by atoms with Gasteiger partial charge in [-0.05, 0) is 32.8 Å². The fraction of sp³-hybridized carbons (Fsp3) is 0.545. The van der Waals surface area contributed by atoms with Crippen LogP contribution in [0.15, 0.2) is 23.1 Å². The number of pyridine rings is 1. The number of rotatable bonds is 2. The molecule has 1 saturated carbocycles. The van der Waals surface area contributed by atoms with E-state index in [4.69, 9.17) is 5.73 Å². The van der Waals surface area contributed by atoms with E-state index in [-0.39, 0.29) is 17.1 Å². The minimum absolute atomic E-state index is 0.0718. The monoisotopic (exact) mass is 192 g/mol. The Morgan fingerprint density at radius 3 is 2.64 bits per heavy atom. The van der Waals surface area contributed by atoms with Gasteiger partial charge in [0, 0.05) is 23.3 Å². The molecule has 2 N–H and O–H groups in total. The molecule has 3 heteroatoms. The second kappa shape index (κ2) is 2.95. The lowest BCUT2D eigenvalue weighted by atomic mass is 10.1. The van der Waals surface area contributed by atoms with Crippen molar-refractivity contribution in [3.8, 4) is 0 Å². The Morgan fingerprint density at radius 1 is 1.50 bits per heavy atom. The molecule has 0 spiro atoms. The lowest BCUT2D eigenvalue weighted by molar-refractivity contribution is 0.563. The van der Waals surface area contributed by atoms with Gasteiger partial charge in [-0.15, -0.1) is 0 Å². The minimum atomic E-state index is -0.324. The first-order chi connectivity index (χ1) is 6.54.